The fraction of sp³-hybridized carbons (Fsp3) is 0.667. The molecule has 3 rings (SSSR count). The van der Waals surface area contributed by atoms with Crippen LogP contribution in [0.1, 0.15) is 44.3 Å². The number of nitrogens with zero attached hydrogens (tertiary/aromatic N) is 4. The van der Waals surface area contributed by atoms with Crippen molar-refractivity contribution < 1.29 is 19.2 Å². The lowest BCUT2D eigenvalue weighted by atomic mass is 9.92. The van der Waals surface area contributed by atoms with Crippen LogP contribution >= 0.6 is 0 Å². The molecule has 2 amide bonds. The van der Waals surface area contributed by atoms with Crippen LogP contribution in [0, 0.1) is 24.6 Å². The molecule has 154 valence electrons. The first-order valence-electron chi connectivity index (χ1n) is 9.73. The maximum Gasteiger partial charge on any atom is 0.243 e. The van der Waals surface area contributed by atoms with E-state index in [4.69, 9.17) is 0 Å². The number of aromatic nitrogens is 2. The number of anilines is 2. The summed E-state index contributed by atoms with van der Waals surface area (Å²) >= 11 is 0. The van der Waals surface area contributed by atoms with Crippen molar-refractivity contribution >= 4 is 24.0 Å². The van der Waals surface area contributed by atoms with Gasteiger partial charge in [0.25, 0.3) is 0 Å². The molecule has 28 heavy (non-hydrogen) atoms. The van der Waals surface area contributed by atoms with Gasteiger partial charge < -0.3 is 4.90 Å². The van der Waals surface area contributed by atoms with Crippen LogP contribution in [0.2, 0.25) is 0 Å². The molecule has 1 atom stereocenters. The Morgan fingerprint density at radius 3 is 2.68 bits per heavy atom. The Morgan fingerprint density at radius 2 is 2.07 bits per heavy atom. The fourth-order valence-electron chi connectivity index (χ4n) is 3.77. The Balaban J connectivity index is 1.65. The van der Waals surface area contributed by atoms with E-state index in [1.165, 1.54) is 0 Å². The van der Waals surface area contributed by atoms with Crippen LogP contribution in [0.3, 0.4) is 0 Å². The van der Waals surface area contributed by atoms with Gasteiger partial charge in [-0.3, -0.25) is 25.6 Å². The predicted molar refractivity (Wildman–Crippen MR) is 99.9 cm³/mol. The second-order valence-electron chi connectivity index (χ2n) is 7.52. The fourth-order valence-corrected chi connectivity index (χ4v) is 3.77. The van der Waals surface area contributed by atoms with Gasteiger partial charge in [-0.25, -0.2) is 15.0 Å². The number of carbonyl (C=O) groups is 2. The Kier molecular flexibility index (Phi) is 6.61. The van der Waals surface area contributed by atoms with Crippen LogP contribution in [0.4, 0.5) is 16.0 Å². The van der Waals surface area contributed by atoms with Crippen LogP contribution in [0.5, 0.6) is 0 Å². The number of hydrogen-bond acceptors (Lipinski definition) is 7. The zero-order valence-corrected chi connectivity index (χ0v) is 16.0. The number of amides is 2. The number of aryl methyl sites for hydroxylation is 1. The molecule has 1 saturated carbocycles. The molecule has 1 saturated heterocycles. The van der Waals surface area contributed by atoms with Gasteiger partial charge in [0.05, 0.1) is 12.5 Å². The van der Waals surface area contributed by atoms with Gasteiger partial charge in [-0.2, -0.15) is 4.39 Å². The molecule has 1 aliphatic heterocycles. The van der Waals surface area contributed by atoms with E-state index in [2.05, 4.69) is 20.8 Å². The molecule has 2 heterocycles. The zero-order valence-electron chi connectivity index (χ0n) is 16.0. The van der Waals surface area contributed by atoms with Gasteiger partial charge in [0, 0.05) is 13.1 Å². The van der Waals surface area contributed by atoms with Gasteiger partial charge in [0.2, 0.25) is 18.1 Å². The smallest absolute Gasteiger partial charge is 0.243 e. The van der Waals surface area contributed by atoms with E-state index in [1.54, 1.807) is 6.92 Å². The molecule has 0 unspecified atom stereocenters. The van der Waals surface area contributed by atoms with E-state index in [-0.39, 0.29) is 24.6 Å². The number of hydroxylamine groups is 2. The lowest BCUT2D eigenvalue weighted by molar-refractivity contribution is -0.154. The number of carbonyl (C=O) groups excluding carboxylic acids is 2. The third-order valence-corrected chi connectivity index (χ3v) is 5.40. The summed E-state index contributed by atoms with van der Waals surface area (Å²) in [6.07, 6.45) is 6.12. The number of rotatable bonds is 9. The summed E-state index contributed by atoms with van der Waals surface area (Å²) in [6, 6.07) is 0. The molecule has 0 radical (unpaired) electrons. The van der Waals surface area contributed by atoms with Crippen molar-refractivity contribution in [3.8, 4) is 0 Å². The summed E-state index contributed by atoms with van der Waals surface area (Å²) in [4.78, 5) is 33.4. The van der Waals surface area contributed by atoms with E-state index in [0.717, 1.165) is 45.2 Å². The Labute approximate surface area is 163 Å². The minimum Gasteiger partial charge on any atom is -0.354 e. The van der Waals surface area contributed by atoms with Crippen molar-refractivity contribution in [2.45, 2.75) is 45.4 Å². The summed E-state index contributed by atoms with van der Waals surface area (Å²) in [5.74, 6) is -0.744. The number of hydrazine groups is 1. The molecule has 2 aliphatic rings. The normalized spacial score (nSPS) is 17.8. The van der Waals surface area contributed by atoms with Crippen molar-refractivity contribution in [1.82, 2.24) is 20.5 Å². The first kappa shape index (κ1) is 20.2. The summed E-state index contributed by atoms with van der Waals surface area (Å²) in [7, 11) is 0. The third-order valence-electron chi connectivity index (χ3n) is 5.40. The van der Waals surface area contributed by atoms with Gasteiger partial charge in [0.1, 0.15) is 5.82 Å². The third kappa shape index (κ3) is 4.86. The quantitative estimate of drug-likeness (QED) is 0.332. The van der Waals surface area contributed by atoms with Crippen molar-refractivity contribution in [3.05, 3.63) is 11.6 Å². The first-order valence-corrected chi connectivity index (χ1v) is 9.73. The lowest BCUT2D eigenvalue weighted by Gasteiger charge is -2.32. The van der Waals surface area contributed by atoms with E-state index in [0.29, 0.717) is 23.2 Å². The van der Waals surface area contributed by atoms with Crippen molar-refractivity contribution in [2.24, 2.45) is 11.8 Å². The van der Waals surface area contributed by atoms with Crippen molar-refractivity contribution in [1.29, 1.82) is 0 Å². The van der Waals surface area contributed by atoms with Crippen LogP contribution in [-0.2, 0) is 9.59 Å². The summed E-state index contributed by atoms with van der Waals surface area (Å²) in [6.45, 7) is 3.02. The monoisotopic (exact) mass is 394 g/mol. The van der Waals surface area contributed by atoms with Crippen molar-refractivity contribution in [3.63, 3.8) is 0 Å². The number of hydrogen-bond donors (Lipinski definition) is 3. The summed E-state index contributed by atoms with van der Waals surface area (Å²) < 4.78 is 14.7. The van der Waals surface area contributed by atoms with Crippen LogP contribution < -0.4 is 15.8 Å². The van der Waals surface area contributed by atoms with Gasteiger partial charge in [0.15, 0.2) is 11.6 Å². The van der Waals surface area contributed by atoms with Crippen LogP contribution in [0.25, 0.3) is 0 Å². The highest BCUT2D eigenvalue weighted by Gasteiger charge is 2.28. The van der Waals surface area contributed by atoms with E-state index in [1.807, 2.05) is 4.90 Å². The van der Waals surface area contributed by atoms with Crippen LogP contribution in [-0.4, -0.2) is 52.2 Å². The molecule has 10 heteroatoms. The molecule has 9 nitrogen and oxygen atoms in total. The predicted octanol–water partition coefficient (Wildman–Crippen LogP) is 1.62. The van der Waals surface area contributed by atoms with Gasteiger partial charge >= 0.3 is 0 Å². The molecule has 3 N–H and O–H groups in total. The standard InChI is InChI=1S/C18H27FN6O3/c1-12-20-16(15(19)17(21-12)24-7-4-8-24)22-23-18(27)14(10-25(28)11-26)9-13-5-2-3-6-13/h11,13-14,28H,2-10H2,1H3,(H,23,27)(H,20,21,22)/t14-/m1/s1. The van der Waals surface area contributed by atoms with Gasteiger partial charge in [-0.15, -0.1) is 0 Å². The SMILES string of the molecule is Cc1nc(NNC(=O)[C@H](CC2CCCC2)CN(O)C=O)c(F)c(N2CCC2)n1. The molecule has 0 spiro atoms. The number of halogens is 1. The summed E-state index contributed by atoms with van der Waals surface area (Å²) in [5.41, 5.74) is 5.03. The molecular formula is C18H27FN6O3. The second-order valence-corrected chi connectivity index (χ2v) is 7.52. The minimum atomic E-state index is -0.616. The Bertz CT molecular complexity index is 709. The highest BCUT2D eigenvalue weighted by atomic mass is 19.1. The molecule has 2 fully saturated rings. The first-order chi connectivity index (χ1) is 13.5. The highest BCUT2D eigenvalue weighted by molar-refractivity contribution is 5.80. The second kappa shape index (κ2) is 9.13. The van der Waals surface area contributed by atoms with E-state index >= 15 is 0 Å². The molecule has 1 aromatic rings. The van der Waals surface area contributed by atoms with Crippen molar-refractivity contribution in [2.75, 3.05) is 30.0 Å². The zero-order chi connectivity index (χ0) is 20.1. The lowest BCUT2D eigenvalue weighted by Crippen LogP contribution is -2.42. The molecule has 0 bridgehead atoms. The average molecular weight is 394 g/mol. The average Bonchev–Trinajstić information content (AvgIpc) is 3.13. The summed E-state index contributed by atoms with van der Waals surface area (Å²) in [5, 5.41) is 10.00. The topological polar surface area (TPSA) is 111 Å². The molecule has 0 aromatic carbocycles. The van der Waals surface area contributed by atoms with Gasteiger partial charge in [-0.05, 0) is 25.7 Å². The number of nitrogens with one attached hydrogen (secondary N) is 2. The Morgan fingerprint density at radius 1 is 1.36 bits per heavy atom. The molecule has 1 aromatic heterocycles. The Hall–Kier alpha value is -2.49. The molecular weight excluding hydrogens is 367 g/mol. The largest absolute Gasteiger partial charge is 0.354 e. The maximum atomic E-state index is 14.7. The minimum absolute atomic E-state index is 0.0985. The van der Waals surface area contributed by atoms with E-state index < -0.39 is 17.6 Å². The molecule has 1 aliphatic carbocycles. The maximum absolute atomic E-state index is 14.7. The van der Waals surface area contributed by atoms with E-state index in [9.17, 15) is 19.2 Å². The highest BCUT2D eigenvalue weighted by Crippen LogP contribution is 2.31. The van der Waals surface area contributed by atoms with Crippen LogP contribution in [0.15, 0.2) is 0 Å². The van der Waals surface area contributed by atoms with Gasteiger partial charge in [-0.1, -0.05) is 25.7 Å².